The van der Waals surface area contributed by atoms with Crippen molar-refractivity contribution in [3.8, 4) is 0 Å². The highest BCUT2D eigenvalue weighted by molar-refractivity contribution is 7.94. The summed E-state index contributed by atoms with van der Waals surface area (Å²) in [7, 11) is -3.51. The predicted octanol–water partition coefficient (Wildman–Crippen LogP) is 0.490. The highest BCUT2D eigenvalue weighted by atomic mass is 32.2. The summed E-state index contributed by atoms with van der Waals surface area (Å²) in [6.45, 7) is 2.96. The van der Waals surface area contributed by atoms with E-state index < -0.39 is 20.2 Å². The molecule has 0 aromatic rings. The molecular weight excluding hydrogens is 242 g/mol. The van der Waals surface area contributed by atoms with E-state index in [1.807, 2.05) is 0 Å². The van der Waals surface area contributed by atoms with Gasteiger partial charge in [0.15, 0.2) is 4.75 Å². The van der Waals surface area contributed by atoms with Crippen molar-refractivity contribution in [2.24, 2.45) is 5.41 Å². The number of amides is 1. The maximum absolute atomic E-state index is 12.0. The van der Waals surface area contributed by atoms with E-state index in [1.165, 1.54) is 13.8 Å². The number of carbonyl (C=O) groups excluding carboxylic acids is 1. The molecule has 1 amide bonds. The molecule has 1 N–H and O–H groups in total. The van der Waals surface area contributed by atoms with Gasteiger partial charge in [0.25, 0.3) is 15.9 Å². The van der Waals surface area contributed by atoms with Gasteiger partial charge in [0.1, 0.15) is 0 Å². The summed E-state index contributed by atoms with van der Waals surface area (Å²) in [4.78, 5) is 11.8. The van der Waals surface area contributed by atoms with Crippen LogP contribution in [0.4, 0.5) is 0 Å². The Morgan fingerprint density at radius 3 is 2.24 bits per heavy atom. The summed E-state index contributed by atoms with van der Waals surface area (Å²) < 4.78 is 23.6. The van der Waals surface area contributed by atoms with Crippen LogP contribution >= 0.6 is 0 Å². The molecule has 2 rings (SSSR count). The van der Waals surface area contributed by atoms with Gasteiger partial charge in [-0.2, -0.15) is 0 Å². The molecular formula is C11H19NO4S. The van der Waals surface area contributed by atoms with Gasteiger partial charge in [-0.1, -0.05) is 12.8 Å². The van der Waals surface area contributed by atoms with E-state index >= 15 is 0 Å². The molecule has 0 radical (unpaired) electrons. The molecule has 17 heavy (non-hydrogen) atoms. The lowest BCUT2D eigenvalue weighted by Gasteiger charge is -2.46. The van der Waals surface area contributed by atoms with Crippen molar-refractivity contribution in [3.05, 3.63) is 0 Å². The van der Waals surface area contributed by atoms with E-state index in [9.17, 15) is 18.3 Å². The second kappa shape index (κ2) is 3.68. The summed E-state index contributed by atoms with van der Waals surface area (Å²) in [5, 5.41) is 9.44. The van der Waals surface area contributed by atoms with Gasteiger partial charge >= 0.3 is 0 Å². The Morgan fingerprint density at radius 2 is 1.82 bits per heavy atom. The maximum atomic E-state index is 12.0. The summed E-state index contributed by atoms with van der Waals surface area (Å²) in [6.07, 6.45) is 3.57. The number of sulfonamides is 1. The fourth-order valence-electron chi connectivity index (χ4n) is 2.71. The molecule has 1 aliphatic carbocycles. The molecule has 1 saturated carbocycles. The number of carbonyl (C=O) groups is 1. The van der Waals surface area contributed by atoms with Gasteiger partial charge in [-0.3, -0.25) is 4.79 Å². The number of hydrogen-bond acceptors (Lipinski definition) is 4. The number of nitrogens with zero attached hydrogens (tertiary/aromatic N) is 1. The SMILES string of the molecule is CC1(C)C(=O)N(CC2(CO)CCCC2)S1(=O)=O. The van der Waals surface area contributed by atoms with E-state index in [2.05, 4.69) is 0 Å². The number of aliphatic hydroxyl groups excluding tert-OH is 1. The lowest BCUT2D eigenvalue weighted by Crippen LogP contribution is -2.68. The first kappa shape index (κ1) is 12.8. The van der Waals surface area contributed by atoms with Crippen molar-refractivity contribution in [1.82, 2.24) is 4.31 Å². The minimum atomic E-state index is -3.51. The topological polar surface area (TPSA) is 74.7 Å². The van der Waals surface area contributed by atoms with Gasteiger partial charge in [0.2, 0.25) is 0 Å². The molecule has 1 saturated heterocycles. The lowest BCUT2D eigenvalue weighted by molar-refractivity contribution is -0.133. The van der Waals surface area contributed by atoms with Gasteiger partial charge < -0.3 is 5.11 Å². The van der Waals surface area contributed by atoms with Crippen LogP contribution in [-0.2, 0) is 14.8 Å². The first-order valence-corrected chi connectivity index (χ1v) is 7.38. The molecule has 0 atom stereocenters. The molecule has 1 heterocycles. The van der Waals surface area contributed by atoms with Gasteiger partial charge in [-0.15, -0.1) is 0 Å². The lowest BCUT2D eigenvalue weighted by atomic mass is 9.87. The Morgan fingerprint density at radius 1 is 1.29 bits per heavy atom. The van der Waals surface area contributed by atoms with E-state index in [-0.39, 0.29) is 19.1 Å². The van der Waals surface area contributed by atoms with Crippen LogP contribution in [0, 0.1) is 5.41 Å². The van der Waals surface area contributed by atoms with Crippen molar-refractivity contribution in [1.29, 1.82) is 0 Å². The van der Waals surface area contributed by atoms with Crippen LogP contribution in [-0.4, -0.2) is 41.6 Å². The summed E-state index contributed by atoms with van der Waals surface area (Å²) in [6, 6.07) is 0. The summed E-state index contributed by atoms with van der Waals surface area (Å²) >= 11 is 0. The molecule has 1 aliphatic heterocycles. The minimum absolute atomic E-state index is 0.0489. The second-order valence-corrected chi connectivity index (χ2v) is 8.10. The second-order valence-electron chi connectivity index (χ2n) is 5.69. The van der Waals surface area contributed by atoms with Crippen LogP contribution in [0.5, 0.6) is 0 Å². The van der Waals surface area contributed by atoms with Crippen LogP contribution < -0.4 is 0 Å². The largest absolute Gasteiger partial charge is 0.396 e. The molecule has 98 valence electrons. The highest BCUT2D eigenvalue weighted by Crippen LogP contribution is 2.43. The van der Waals surface area contributed by atoms with Gasteiger partial charge in [-0.25, -0.2) is 12.7 Å². The van der Waals surface area contributed by atoms with Crippen molar-refractivity contribution in [3.63, 3.8) is 0 Å². The Labute approximate surface area is 102 Å². The van der Waals surface area contributed by atoms with E-state index in [0.29, 0.717) is 0 Å². The standard InChI is InChI=1S/C11H19NO4S/c1-10(2)9(14)12(17(10,15)16)7-11(8-13)5-3-4-6-11/h13H,3-8H2,1-2H3. The zero-order chi connectivity index (χ0) is 12.9. The van der Waals surface area contributed by atoms with Crippen molar-refractivity contribution in [2.75, 3.05) is 13.2 Å². The van der Waals surface area contributed by atoms with Gasteiger partial charge in [0, 0.05) is 12.0 Å². The van der Waals surface area contributed by atoms with Crippen molar-refractivity contribution < 1.29 is 18.3 Å². The number of rotatable bonds is 3. The zero-order valence-electron chi connectivity index (χ0n) is 10.3. The van der Waals surface area contributed by atoms with Crippen LogP contribution in [0.25, 0.3) is 0 Å². The number of hydrogen-bond donors (Lipinski definition) is 1. The summed E-state index contributed by atoms with van der Waals surface area (Å²) in [5.41, 5.74) is -0.404. The third-order valence-electron chi connectivity index (χ3n) is 4.16. The Balaban J connectivity index is 2.19. The Kier molecular flexibility index (Phi) is 2.78. The van der Waals surface area contributed by atoms with Crippen molar-refractivity contribution in [2.45, 2.75) is 44.3 Å². The van der Waals surface area contributed by atoms with Crippen LogP contribution in [0.1, 0.15) is 39.5 Å². The monoisotopic (exact) mass is 261 g/mol. The molecule has 0 spiro atoms. The maximum Gasteiger partial charge on any atom is 0.258 e. The van der Waals surface area contributed by atoms with E-state index in [4.69, 9.17) is 0 Å². The molecule has 6 heteroatoms. The van der Waals surface area contributed by atoms with Crippen LogP contribution in [0.2, 0.25) is 0 Å². The Bertz CT molecular complexity index is 434. The predicted molar refractivity (Wildman–Crippen MR) is 62.7 cm³/mol. The van der Waals surface area contributed by atoms with Crippen LogP contribution in [0.3, 0.4) is 0 Å². The van der Waals surface area contributed by atoms with E-state index in [1.54, 1.807) is 0 Å². The first-order chi connectivity index (χ1) is 7.77. The normalized spacial score (nSPS) is 29.1. The molecule has 0 unspecified atom stereocenters. The fourth-order valence-corrected chi connectivity index (χ4v) is 4.35. The molecule has 2 aliphatic rings. The minimum Gasteiger partial charge on any atom is -0.396 e. The smallest absolute Gasteiger partial charge is 0.258 e. The van der Waals surface area contributed by atoms with Crippen LogP contribution in [0.15, 0.2) is 0 Å². The van der Waals surface area contributed by atoms with E-state index in [0.717, 1.165) is 30.0 Å². The quantitative estimate of drug-likeness (QED) is 0.802. The number of aliphatic hydroxyl groups is 1. The molecule has 5 nitrogen and oxygen atoms in total. The van der Waals surface area contributed by atoms with Crippen molar-refractivity contribution >= 4 is 15.9 Å². The molecule has 2 fully saturated rings. The Hall–Kier alpha value is -0.620. The summed E-state index contributed by atoms with van der Waals surface area (Å²) in [5.74, 6) is -0.350. The highest BCUT2D eigenvalue weighted by Gasteiger charge is 2.61. The average Bonchev–Trinajstić information content (AvgIpc) is 2.74. The molecule has 0 aromatic carbocycles. The molecule has 0 aromatic heterocycles. The molecule has 0 bridgehead atoms. The average molecular weight is 261 g/mol. The fraction of sp³-hybridized carbons (Fsp3) is 0.909. The van der Waals surface area contributed by atoms with Gasteiger partial charge in [-0.05, 0) is 26.7 Å². The first-order valence-electron chi connectivity index (χ1n) is 5.94. The third kappa shape index (κ3) is 1.61. The van der Waals surface area contributed by atoms with Gasteiger partial charge in [0.05, 0.1) is 6.61 Å². The third-order valence-corrected chi connectivity index (χ3v) is 6.49. The zero-order valence-corrected chi connectivity index (χ0v) is 11.1.